The van der Waals surface area contributed by atoms with E-state index in [1.807, 2.05) is 0 Å². The van der Waals surface area contributed by atoms with E-state index in [4.69, 9.17) is 10.5 Å². The van der Waals surface area contributed by atoms with E-state index < -0.39 is 17.2 Å². The number of hydrogen-bond donors (Lipinski definition) is 1. The van der Waals surface area contributed by atoms with Crippen LogP contribution in [0.25, 0.3) is 0 Å². The minimum atomic E-state index is -4.44. The second-order valence-corrected chi connectivity index (χ2v) is 5.91. The summed E-state index contributed by atoms with van der Waals surface area (Å²) < 4.78 is 44.4. The summed E-state index contributed by atoms with van der Waals surface area (Å²) in [4.78, 5) is 14.1. The first kappa shape index (κ1) is 17.7. The number of halogens is 3. The molecule has 0 aromatic heterocycles. The Morgan fingerprint density at radius 3 is 2.48 bits per heavy atom. The molecule has 2 rings (SSSR count). The molecule has 2 N–H and O–H groups in total. The molecule has 1 saturated heterocycles. The number of carbonyl (C=O) groups is 1. The third kappa shape index (κ3) is 3.84. The Hall–Kier alpha value is -1.60. The molecule has 4 nitrogen and oxygen atoms in total. The summed E-state index contributed by atoms with van der Waals surface area (Å²) in [6.45, 7) is 0.948. The molecule has 0 atom stereocenters. The van der Waals surface area contributed by atoms with Crippen molar-refractivity contribution in [1.29, 1.82) is 0 Å². The highest BCUT2D eigenvalue weighted by atomic mass is 19.4. The number of benzene rings is 1. The number of alkyl halides is 3. The monoisotopic (exact) mass is 330 g/mol. The second kappa shape index (κ2) is 6.88. The summed E-state index contributed by atoms with van der Waals surface area (Å²) in [5.74, 6) is -0.222. The molecular formula is C16H21F3N2O2. The molecule has 1 aromatic carbocycles. The lowest BCUT2D eigenvalue weighted by Crippen LogP contribution is -2.49. The number of hydrogen-bond acceptors (Lipinski definition) is 3. The fourth-order valence-corrected chi connectivity index (χ4v) is 2.93. The molecule has 0 spiro atoms. The van der Waals surface area contributed by atoms with Gasteiger partial charge in [-0.25, -0.2) is 0 Å². The molecule has 0 radical (unpaired) electrons. The molecule has 1 aliphatic rings. The summed E-state index contributed by atoms with van der Waals surface area (Å²) in [5, 5.41) is 0. The Bertz CT molecular complexity index is 555. The first-order valence-corrected chi connectivity index (χ1v) is 7.49. The molecule has 23 heavy (non-hydrogen) atoms. The van der Waals surface area contributed by atoms with E-state index >= 15 is 0 Å². The van der Waals surface area contributed by atoms with Gasteiger partial charge in [0.2, 0.25) is 5.91 Å². The van der Waals surface area contributed by atoms with E-state index in [0.717, 1.165) is 6.07 Å². The zero-order valence-electron chi connectivity index (χ0n) is 13.0. The van der Waals surface area contributed by atoms with Gasteiger partial charge < -0.3 is 15.4 Å². The van der Waals surface area contributed by atoms with E-state index in [0.29, 0.717) is 26.1 Å². The number of ether oxygens (including phenoxy) is 1. The number of carbonyl (C=O) groups excluding carboxylic acids is 1. The smallest absolute Gasteiger partial charge is 0.381 e. The lowest BCUT2D eigenvalue weighted by atomic mass is 9.79. The maximum Gasteiger partial charge on any atom is 0.416 e. The third-order valence-corrected chi connectivity index (χ3v) is 4.37. The van der Waals surface area contributed by atoms with Crippen molar-refractivity contribution >= 4 is 5.91 Å². The van der Waals surface area contributed by atoms with Gasteiger partial charge in [0.05, 0.1) is 11.0 Å². The number of nitrogens with zero attached hydrogens (tertiary/aromatic N) is 1. The summed E-state index contributed by atoms with van der Waals surface area (Å²) >= 11 is 0. The Kier molecular flexibility index (Phi) is 5.31. The van der Waals surface area contributed by atoms with Gasteiger partial charge >= 0.3 is 6.18 Å². The molecule has 7 heteroatoms. The van der Waals surface area contributed by atoms with E-state index in [9.17, 15) is 18.0 Å². The fraction of sp³-hybridized carbons (Fsp3) is 0.562. The highest BCUT2D eigenvalue weighted by molar-refractivity contribution is 5.83. The Morgan fingerprint density at radius 1 is 1.30 bits per heavy atom. The summed E-state index contributed by atoms with van der Waals surface area (Å²) in [6.07, 6.45) is -3.45. The fourth-order valence-electron chi connectivity index (χ4n) is 2.93. The molecule has 1 aliphatic heterocycles. The van der Waals surface area contributed by atoms with Gasteiger partial charge in [0.15, 0.2) is 0 Å². The molecule has 128 valence electrons. The highest BCUT2D eigenvalue weighted by Gasteiger charge is 2.41. The maximum absolute atomic E-state index is 13.1. The number of amides is 1. The molecule has 0 aliphatic carbocycles. The Balaban J connectivity index is 2.19. The predicted molar refractivity (Wildman–Crippen MR) is 79.5 cm³/mol. The van der Waals surface area contributed by atoms with Crippen molar-refractivity contribution in [2.75, 3.05) is 26.8 Å². The van der Waals surface area contributed by atoms with Gasteiger partial charge in [-0.15, -0.1) is 0 Å². The predicted octanol–water partition coefficient (Wildman–Crippen LogP) is 2.42. The van der Waals surface area contributed by atoms with E-state index in [2.05, 4.69) is 0 Å². The van der Waals surface area contributed by atoms with Crippen molar-refractivity contribution in [3.05, 3.63) is 35.4 Å². The Morgan fingerprint density at radius 2 is 1.91 bits per heavy atom. The van der Waals surface area contributed by atoms with Gasteiger partial charge in [-0.2, -0.15) is 13.2 Å². The van der Waals surface area contributed by atoms with Gasteiger partial charge in [-0.05, 0) is 24.5 Å². The zero-order chi connectivity index (χ0) is 17.1. The van der Waals surface area contributed by atoms with Crippen molar-refractivity contribution in [3.8, 4) is 0 Å². The average molecular weight is 330 g/mol. The minimum absolute atomic E-state index is 0.0788. The van der Waals surface area contributed by atoms with Crippen LogP contribution in [0.5, 0.6) is 0 Å². The topological polar surface area (TPSA) is 55.6 Å². The number of nitrogens with two attached hydrogens (primary N) is 1. The summed E-state index contributed by atoms with van der Waals surface area (Å²) in [7, 11) is 1.52. The molecule has 0 saturated carbocycles. The van der Waals surface area contributed by atoms with Crippen LogP contribution < -0.4 is 5.73 Å². The Labute approximate surface area is 133 Å². The van der Waals surface area contributed by atoms with Crippen molar-refractivity contribution in [2.24, 2.45) is 11.1 Å². The minimum Gasteiger partial charge on any atom is -0.381 e. The van der Waals surface area contributed by atoms with E-state index in [1.165, 1.54) is 30.1 Å². The van der Waals surface area contributed by atoms with Crippen molar-refractivity contribution < 1.29 is 22.7 Å². The average Bonchev–Trinajstić information content (AvgIpc) is 2.54. The van der Waals surface area contributed by atoms with Crippen molar-refractivity contribution in [1.82, 2.24) is 4.90 Å². The zero-order valence-corrected chi connectivity index (χ0v) is 13.0. The molecule has 1 fully saturated rings. The first-order valence-electron chi connectivity index (χ1n) is 7.49. The molecule has 0 unspecified atom stereocenters. The standard InChI is InChI=1S/C16H21F3N2O2/c1-21(14(22)15(11-20)6-8-23-9-7-15)10-12-4-2-3-5-13(12)16(17,18)19/h2-5H,6-11,20H2,1H3. The van der Waals surface area contributed by atoms with Gasteiger partial charge in [0.25, 0.3) is 0 Å². The van der Waals surface area contributed by atoms with Crippen LogP contribution in [0.3, 0.4) is 0 Å². The maximum atomic E-state index is 13.1. The quantitative estimate of drug-likeness (QED) is 0.922. The highest BCUT2D eigenvalue weighted by Crippen LogP contribution is 2.34. The third-order valence-electron chi connectivity index (χ3n) is 4.37. The van der Waals surface area contributed by atoms with Crippen LogP contribution in [0, 0.1) is 5.41 Å². The van der Waals surface area contributed by atoms with Crippen LogP contribution in [-0.2, 0) is 22.3 Å². The molecule has 1 aromatic rings. The second-order valence-electron chi connectivity index (χ2n) is 5.91. The van der Waals surface area contributed by atoms with Gasteiger partial charge in [0, 0.05) is 33.4 Å². The van der Waals surface area contributed by atoms with E-state index in [-0.39, 0.29) is 24.6 Å². The van der Waals surface area contributed by atoms with Gasteiger partial charge in [0.1, 0.15) is 0 Å². The van der Waals surface area contributed by atoms with Crippen LogP contribution in [0.2, 0.25) is 0 Å². The van der Waals surface area contributed by atoms with Crippen LogP contribution >= 0.6 is 0 Å². The van der Waals surface area contributed by atoms with E-state index in [1.54, 1.807) is 0 Å². The normalized spacial score (nSPS) is 17.8. The molecular weight excluding hydrogens is 309 g/mol. The SMILES string of the molecule is CN(Cc1ccccc1C(F)(F)F)C(=O)C1(CN)CCOCC1. The van der Waals surface area contributed by atoms with Crippen LogP contribution in [0.1, 0.15) is 24.0 Å². The molecule has 1 heterocycles. The molecule has 1 amide bonds. The summed E-state index contributed by atoms with van der Waals surface area (Å²) in [5.41, 5.74) is 4.41. The van der Waals surface area contributed by atoms with Crippen LogP contribution in [0.4, 0.5) is 13.2 Å². The number of rotatable bonds is 4. The van der Waals surface area contributed by atoms with Crippen LogP contribution in [-0.4, -0.2) is 37.6 Å². The lowest BCUT2D eigenvalue weighted by molar-refractivity contribution is -0.147. The lowest BCUT2D eigenvalue weighted by Gasteiger charge is -2.37. The molecule has 0 bridgehead atoms. The largest absolute Gasteiger partial charge is 0.416 e. The van der Waals surface area contributed by atoms with Gasteiger partial charge in [-0.1, -0.05) is 18.2 Å². The van der Waals surface area contributed by atoms with Crippen molar-refractivity contribution in [2.45, 2.75) is 25.6 Å². The summed E-state index contributed by atoms with van der Waals surface area (Å²) in [6, 6.07) is 5.30. The van der Waals surface area contributed by atoms with Crippen molar-refractivity contribution in [3.63, 3.8) is 0 Å². The van der Waals surface area contributed by atoms with Crippen LogP contribution in [0.15, 0.2) is 24.3 Å². The first-order chi connectivity index (χ1) is 10.8. The van der Waals surface area contributed by atoms with Gasteiger partial charge in [-0.3, -0.25) is 4.79 Å².